The van der Waals surface area contributed by atoms with E-state index in [0.717, 1.165) is 16.2 Å². The molecule has 0 spiro atoms. The molecule has 0 aliphatic carbocycles. The molecule has 12 nitrogen and oxygen atoms in total. The number of carboxylic acid groups (broad SMARTS) is 2. The number of thiazole rings is 1. The zero-order valence-corrected chi connectivity index (χ0v) is 16.5. The van der Waals surface area contributed by atoms with E-state index in [1.165, 1.54) is 17.1 Å². The molecular formula is C16H13N5O7S2. The Labute approximate surface area is 176 Å². The number of aliphatic carboxylic acids is 2. The fraction of sp³-hybridized carbons (Fsp3) is 0.250. The number of hydrogen-bond acceptors (Lipinski definition) is 10. The van der Waals surface area contributed by atoms with Gasteiger partial charge in [-0.2, -0.15) is 0 Å². The first-order chi connectivity index (χ1) is 14.2. The van der Waals surface area contributed by atoms with Crippen LogP contribution < -0.4 is 11.1 Å². The van der Waals surface area contributed by atoms with Crippen LogP contribution in [0.15, 0.2) is 21.8 Å². The number of β-lactam (4-membered cyclic amide) rings is 1. The van der Waals surface area contributed by atoms with Gasteiger partial charge in [-0.3, -0.25) is 14.5 Å². The molecule has 2 aliphatic rings. The van der Waals surface area contributed by atoms with Gasteiger partial charge >= 0.3 is 11.9 Å². The van der Waals surface area contributed by atoms with E-state index in [9.17, 15) is 24.3 Å². The molecule has 0 bridgehead atoms. The molecule has 0 saturated carbocycles. The molecule has 14 heteroatoms. The molecule has 3 heterocycles. The van der Waals surface area contributed by atoms with Crippen LogP contribution in [-0.4, -0.2) is 73.3 Å². The summed E-state index contributed by atoms with van der Waals surface area (Å²) in [5.74, 6) is -1.72. The highest BCUT2D eigenvalue weighted by atomic mass is 32.2. The number of nitrogens with two attached hydrogens (primary N) is 1. The molecule has 2 atom stereocenters. The van der Waals surface area contributed by atoms with E-state index in [-0.39, 0.29) is 33.6 Å². The minimum absolute atomic E-state index is 0.0288. The fourth-order valence-electron chi connectivity index (χ4n) is 2.69. The molecule has 0 radical (unpaired) electrons. The average Bonchev–Trinajstić information content (AvgIpc) is 3.13. The highest BCUT2D eigenvalue weighted by Crippen LogP contribution is 2.40. The number of nitrogens with one attached hydrogen (secondary N) is 1. The molecule has 1 unspecified atom stereocenters. The normalized spacial score (nSPS) is 20.7. The number of thioether (sulfide) groups is 1. The van der Waals surface area contributed by atoms with Crippen molar-refractivity contribution in [2.45, 2.75) is 11.4 Å². The lowest BCUT2D eigenvalue weighted by atomic mass is 10.0. The van der Waals surface area contributed by atoms with Gasteiger partial charge in [0.1, 0.15) is 22.8 Å². The Balaban J connectivity index is 1.80. The van der Waals surface area contributed by atoms with Crippen molar-refractivity contribution >= 4 is 57.7 Å². The van der Waals surface area contributed by atoms with E-state index in [2.05, 4.69) is 26.2 Å². The number of carbonyl (C=O) groups excluding carboxylic acids is 2. The van der Waals surface area contributed by atoms with Gasteiger partial charge < -0.3 is 26.1 Å². The standard InChI is InChI=1S/C16H13N5O7S2/c1-2-6-4-29-14-10(13(25)21(14)11(6)15(26)27)19-12(24)9(20-28-3-8(22)23)7-5-30-16(17)18-7/h1,5,10,14H,3-4H2,(H2,17,18)(H,19,24)(H,22,23)(H,26,27)/b20-9-/t10?,14-/m1/s1. The van der Waals surface area contributed by atoms with Crippen molar-refractivity contribution < 1.29 is 34.2 Å². The van der Waals surface area contributed by atoms with Crippen LogP contribution in [-0.2, 0) is 24.0 Å². The van der Waals surface area contributed by atoms with Gasteiger partial charge in [0.15, 0.2) is 10.8 Å². The third kappa shape index (κ3) is 3.93. The van der Waals surface area contributed by atoms with Crippen molar-refractivity contribution in [3.05, 3.63) is 22.3 Å². The summed E-state index contributed by atoms with van der Waals surface area (Å²) in [6.45, 7) is -0.799. The maximum absolute atomic E-state index is 12.7. The highest BCUT2D eigenvalue weighted by molar-refractivity contribution is 8.00. The Morgan fingerprint density at radius 3 is 2.77 bits per heavy atom. The number of carbonyl (C=O) groups is 4. The van der Waals surface area contributed by atoms with E-state index in [4.69, 9.17) is 17.3 Å². The number of anilines is 1. The first-order valence-electron chi connectivity index (χ1n) is 8.06. The zero-order chi connectivity index (χ0) is 22.0. The van der Waals surface area contributed by atoms with Crippen LogP contribution >= 0.6 is 23.1 Å². The molecule has 1 aromatic rings. The van der Waals surface area contributed by atoms with Crippen molar-refractivity contribution in [3.8, 4) is 12.3 Å². The third-order valence-corrected chi connectivity index (χ3v) is 5.91. The van der Waals surface area contributed by atoms with E-state index < -0.39 is 41.8 Å². The Kier molecular flexibility index (Phi) is 5.94. The Hall–Kier alpha value is -3.57. The Morgan fingerprint density at radius 1 is 1.47 bits per heavy atom. The van der Waals surface area contributed by atoms with Crippen LogP contribution in [0.4, 0.5) is 5.13 Å². The maximum Gasteiger partial charge on any atom is 0.353 e. The summed E-state index contributed by atoms with van der Waals surface area (Å²) >= 11 is 2.22. The largest absolute Gasteiger partial charge is 0.479 e. The number of hydrogen-bond donors (Lipinski definition) is 4. The molecule has 3 rings (SSSR count). The topological polar surface area (TPSA) is 185 Å². The molecule has 5 N–H and O–H groups in total. The van der Waals surface area contributed by atoms with Crippen LogP contribution in [0.5, 0.6) is 0 Å². The van der Waals surface area contributed by atoms with Gasteiger partial charge in [-0.1, -0.05) is 11.1 Å². The van der Waals surface area contributed by atoms with E-state index in [0.29, 0.717) is 0 Å². The fourth-order valence-corrected chi connectivity index (χ4v) is 4.53. The smallest absolute Gasteiger partial charge is 0.353 e. The van der Waals surface area contributed by atoms with Crippen LogP contribution in [0.2, 0.25) is 0 Å². The summed E-state index contributed by atoms with van der Waals surface area (Å²) in [5, 5.41) is 24.9. The number of aromatic nitrogens is 1. The van der Waals surface area contributed by atoms with Gasteiger partial charge in [0.05, 0.1) is 0 Å². The number of amides is 2. The number of terminal acetylenes is 1. The van der Waals surface area contributed by atoms with Gasteiger partial charge in [-0.05, 0) is 0 Å². The Bertz CT molecular complexity index is 1040. The quantitative estimate of drug-likeness (QED) is 0.172. The van der Waals surface area contributed by atoms with E-state index in [1.807, 2.05) is 0 Å². The van der Waals surface area contributed by atoms with Crippen LogP contribution in [0.1, 0.15) is 5.69 Å². The van der Waals surface area contributed by atoms with Crippen LogP contribution in [0.25, 0.3) is 0 Å². The number of fused-ring (bicyclic) bond motifs is 1. The number of nitrogens with zero attached hydrogens (tertiary/aromatic N) is 3. The van der Waals surface area contributed by atoms with Crippen molar-refractivity contribution in [1.82, 2.24) is 15.2 Å². The third-order valence-electron chi connectivity index (χ3n) is 3.96. The van der Waals surface area contributed by atoms with Gasteiger partial charge in [-0.15, -0.1) is 29.5 Å². The first kappa shape index (κ1) is 21.1. The molecule has 156 valence electrons. The summed E-state index contributed by atoms with van der Waals surface area (Å²) in [5.41, 5.74) is 5.09. The van der Waals surface area contributed by atoms with E-state index >= 15 is 0 Å². The van der Waals surface area contributed by atoms with Gasteiger partial charge in [0, 0.05) is 16.7 Å². The summed E-state index contributed by atoms with van der Waals surface area (Å²) in [6, 6.07) is -1.04. The zero-order valence-electron chi connectivity index (χ0n) is 14.9. The van der Waals surface area contributed by atoms with Gasteiger partial charge in [0.25, 0.3) is 11.8 Å². The predicted octanol–water partition coefficient (Wildman–Crippen LogP) is -1.10. The lowest BCUT2D eigenvalue weighted by Gasteiger charge is -2.48. The minimum atomic E-state index is -1.34. The Morgan fingerprint density at radius 2 is 2.20 bits per heavy atom. The van der Waals surface area contributed by atoms with Crippen molar-refractivity contribution in [2.24, 2.45) is 5.16 Å². The summed E-state index contributed by atoms with van der Waals surface area (Å²) in [7, 11) is 0. The molecule has 2 aliphatic heterocycles. The summed E-state index contributed by atoms with van der Waals surface area (Å²) in [6.07, 6.45) is 5.32. The summed E-state index contributed by atoms with van der Waals surface area (Å²) < 4.78 is 0. The molecular weight excluding hydrogens is 438 g/mol. The second-order valence-electron chi connectivity index (χ2n) is 5.82. The molecule has 30 heavy (non-hydrogen) atoms. The first-order valence-corrected chi connectivity index (χ1v) is 9.99. The number of carboxylic acids is 2. The van der Waals surface area contributed by atoms with Gasteiger partial charge in [0.2, 0.25) is 6.61 Å². The second-order valence-corrected chi connectivity index (χ2v) is 7.81. The van der Waals surface area contributed by atoms with Crippen LogP contribution in [0, 0.1) is 12.3 Å². The number of oxime groups is 1. The lowest BCUT2D eigenvalue weighted by molar-refractivity contribution is -0.150. The van der Waals surface area contributed by atoms with Crippen LogP contribution in [0.3, 0.4) is 0 Å². The van der Waals surface area contributed by atoms with Gasteiger partial charge in [-0.25, -0.2) is 14.6 Å². The molecule has 1 saturated heterocycles. The molecule has 1 aromatic heterocycles. The molecule has 0 aromatic carbocycles. The predicted molar refractivity (Wildman–Crippen MR) is 105 cm³/mol. The lowest BCUT2D eigenvalue weighted by Crippen LogP contribution is -2.71. The van der Waals surface area contributed by atoms with Crippen molar-refractivity contribution in [3.63, 3.8) is 0 Å². The highest BCUT2D eigenvalue weighted by Gasteiger charge is 2.54. The SMILES string of the molecule is C#CC1=C(C(=O)O)N2C(=O)C(NC(=O)/C(=N\OCC(=O)O)c3csc(N)n3)[C@H]2SC1. The minimum Gasteiger partial charge on any atom is -0.479 e. The van der Waals surface area contributed by atoms with Crippen molar-refractivity contribution in [1.29, 1.82) is 0 Å². The molecule has 2 amide bonds. The van der Waals surface area contributed by atoms with E-state index in [1.54, 1.807) is 0 Å². The van der Waals surface area contributed by atoms with Crippen molar-refractivity contribution in [2.75, 3.05) is 18.1 Å². The second kappa shape index (κ2) is 8.43. The maximum atomic E-state index is 12.7. The number of nitrogen functional groups attached to an aromatic ring is 1. The number of rotatable bonds is 7. The molecule has 1 fully saturated rings. The summed E-state index contributed by atoms with van der Waals surface area (Å²) in [4.78, 5) is 56.9. The monoisotopic (exact) mass is 451 g/mol. The average molecular weight is 451 g/mol.